The van der Waals surface area contributed by atoms with Crippen LogP contribution < -0.4 is 0 Å². The van der Waals surface area contributed by atoms with Gasteiger partial charge < -0.3 is 5.11 Å². The van der Waals surface area contributed by atoms with Crippen LogP contribution in [0, 0.1) is 6.92 Å². The summed E-state index contributed by atoms with van der Waals surface area (Å²) in [7, 11) is 0. The smallest absolute Gasteiger partial charge is 0.154 e. The summed E-state index contributed by atoms with van der Waals surface area (Å²) >= 11 is 0. The summed E-state index contributed by atoms with van der Waals surface area (Å²) in [6.45, 7) is 3.86. The Bertz CT molecular complexity index is 226. The van der Waals surface area contributed by atoms with E-state index < -0.39 is 0 Å². The van der Waals surface area contributed by atoms with Crippen molar-refractivity contribution in [1.82, 2.24) is 9.97 Å². The Morgan fingerprint density at radius 2 is 2.18 bits per heavy atom. The maximum atomic E-state index is 8.76. The number of rotatable bonds is 2. The van der Waals surface area contributed by atoms with Crippen LogP contribution in [-0.4, -0.2) is 15.1 Å². The Morgan fingerprint density at radius 3 is 2.73 bits per heavy atom. The van der Waals surface area contributed by atoms with Gasteiger partial charge in [0.25, 0.3) is 0 Å². The molecule has 0 aliphatic rings. The van der Waals surface area contributed by atoms with Crippen molar-refractivity contribution in [3.63, 3.8) is 0 Å². The van der Waals surface area contributed by atoms with Crippen molar-refractivity contribution in [2.45, 2.75) is 26.9 Å². The lowest BCUT2D eigenvalue weighted by atomic mass is 10.3. The van der Waals surface area contributed by atoms with Crippen molar-refractivity contribution < 1.29 is 5.11 Å². The van der Waals surface area contributed by atoms with E-state index in [1.165, 1.54) is 0 Å². The highest BCUT2D eigenvalue weighted by molar-refractivity contribution is 5.09. The Labute approximate surface area is 66.1 Å². The summed E-state index contributed by atoms with van der Waals surface area (Å²) in [5.41, 5.74) is 1.91. The molecule has 0 fully saturated rings. The Balaban J connectivity index is 3.02. The zero-order chi connectivity index (χ0) is 8.27. The van der Waals surface area contributed by atoms with E-state index in [2.05, 4.69) is 9.97 Å². The predicted molar refractivity (Wildman–Crippen MR) is 42.1 cm³/mol. The fraction of sp³-hybridized carbons (Fsp3) is 0.500. The highest BCUT2D eigenvalue weighted by Crippen LogP contribution is 2.00. The van der Waals surface area contributed by atoms with Crippen LogP contribution in [0.3, 0.4) is 0 Å². The molecule has 1 heterocycles. The van der Waals surface area contributed by atoms with E-state index >= 15 is 0 Å². The summed E-state index contributed by atoms with van der Waals surface area (Å²) in [6.07, 6.45) is 0.885. The molecule has 0 radical (unpaired) electrons. The molecule has 0 saturated carbocycles. The number of aromatic nitrogens is 2. The first kappa shape index (κ1) is 8.14. The minimum atomic E-state index is -0.0747. The first-order chi connectivity index (χ1) is 5.26. The molecule has 1 aromatic rings. The second-order valence-electron chi connectivity index (χ2n) is 2.43. The summed E-state index contributed by atoms with van der Waals surface area (Å²) in [6, 6.07) is 1.93. The van der Waals surface area contributed by atoms with E-state index in [9.17, 15) is 0 Å². The number of nitrogens with zero attached hydrogens (tertiary/aromatic N) is 2. The molecule has 0 unspecified atom stereocenters. The molecule has 1 N–H and O–H groups in total. The van der Waals surface area contributed by atoms with Gasteiger partial charge in [-0.1, -0.05) is 6.92 Å². The molecule has 3 nitrogen and oxygen atoms in total. The van der Waals surface area contributed by atoms with Crippen LogP contribution >= 0.6 is 0 Å². The summed E-state index contributed by atoms with van der Waals surface area (Å²) in [5, 5.41) is 8.76. The van der Waals surface area contributed by atoms with E-state index in [1.54, 1.807) is 0 Å². The molecule has 0 saturated heterocycles. The molecule has 0 amide bonds. The van der Waals surface area contributed by atoms with Gasteiger partial charge in [-0.3, -0.25) is 0 Å². The van der Waals surface area contributed by atoms with E-state index in [-0.39, 0.29) is 6.61 Å². The molecule has 11 heavy (non-hydrogen) atoms. The molecule has 1 aromatic heterocycles. The van der Waals surface area contributed by atoms with Crippen LogP contribution in [0.1, 0.15) is 24.1 Å². The second kappa shape index (κ2) is 3.44. The van der Waals surface area contributed by atoms with Crippen LogP contribution in [0.15, 0.2) is 6.07 Å². The normalized spacial score (nSPS) is 10.1. The van der Waals surface area contributed by atoms with Crippen molar-refractivity contribution in [3.05, 3.63) is 23.3 Å². The standard InChI is InChI=1S/C8H12N2O/c1-3-7-4-6(2)9-8(5-11)10-7/h4,11H,3,5H2,1-2H3. The van der Waals surface area contributed by atoms with Crippen molar-refractivity contribution in [2.75, 3.05) is 0 Å². The Kier molecular flexibility index (Phi) is 2.54. The quantitative estimate of drug-likeness (QED) is 0.683. The van der Waals surface area contributed by atoms with Crippen molar-refractivity contribution in [1.29, 1.82) is 0 Å². The largest absolute Gasteiger partial charge is 0.388 e. The minimum Gasteiger partial charge on any atom is -0.388 e. The molecule has 0 aliphatic heterocycles. The van der Waals surface area contributed by atoms with Crippen molar-refractivity contribution in [2.24, 2.45) is 0 Å². The van der Waals surface area contributed by atoms with Crippen LogP contribution in [0.25, 0.3) is 0 Å². The van der Waals surface area contributed by atoms with Gasteiger partial charge in [0.2, 0.25) is 0 Å². The minimum absolute atomic E-state index is 0.0747. The molecule has 0 aliphatic carbocycles. The van der Waals surface area contributed by atoms with E-state index in [0.29, 0.717) is 5.82 Å². The SMILES string of the molecule is CCc1cc(C)nc(CO)n1. The molecule has 1 rings (SSSR count). The lowest BCUT2D eigenvalue weighted by Crippen LogP contribution is -2.00. The summed E-state index contributed by atoms with van der Waals surface area (Å²) < 4.78 is 0. The van der Waals surface area contributed by atoms with Gasteiger partial charge in [0, 0.05) is 11.4 Å². The van der Waals surface area contributed by atoms with Gasteiger partial charge in [0.05, 0.1) is 0 Å². The zero-order valence-electron chi connectivity index (χ0n) is 6.83. The van der Waals surface area contributed by atoms with E-state index in [1.807, 2.05) is 19.9 Å². The third-order valence-electron chi connectivity index (χ3n) is 1.46. The first-order valence-electron chi connectivity index (χ1n) is 3.70. The molecule has 0 aromatic carbocycles. The molecule has 0 bridgehead atoms. The predicted octanol–water partition coefficient (Wildman–Crippen LogP) is 0.840. The average molecular weight is 152 g/mol. The fourth-order valence-electron chi connectivity index (χ4n) is 0.952. The van der Waals surface area contributed by atoms with E-state index in [0.717, 1.165) is 17.8 Å². The topological polar surface area (TPSA) is 46.0 Å². The lowest BCUT2D eigenvalue weighted by molar-refractivity contribution is 0.270. The van der Waals surface area contributed by atoms with Crippen molar-refractivity contribution >= 4 is 0 Å². The molecular formula is C8H12N2O. The molecule has 60 valence electrons. The Morgan fingerprint density at radius 1 is 1.45 bits per heavy atom. The molecule has 0 atom stereocenters. The van der Waals surface area contributed by atoms with Crippen molar-refractivity contribution in [3.8, 4) is 0 Å². The van der Waals surface area contributed by atoms with Gasteiger partial charge in [0.1, 0.15) is 6.61 Å². The molecule has 3 heteroatoms. The van der Waals surface area contributed by atoms with Gasteiger partial charge >= 0.3 is 0 Å². The van der Waals surface area contributed by atoms with Crippen LogP contribution in [0.2, 0.25) is 0 Å². The third kappa shape index (κ3) is 1.98. The average Bonchev–Trinajstić information content (AvgIpc) is 2.03. The van der Waals surface area contributed by atoms with Gasteiger partial charge in [-0.15, -0.1) is 0 Å². The zero-order valence-corrected chi connectivity index (χ0v) is 6.83. The number of aryl methyl sites for hydroxylation is 2. The first-order valence-corrected chi connectivity index (χ1v) is 3.70. The second-order valence-corrected chi connectivity index (χ2v) is 2.43. The highest BCUT2D eigenvalue weighted by atomic mass is 16.3. The lowest BCUT2D eigenvalue weighted by Gasteiger charge is -2.00. The number of hydrogen-bond donors (Lipinski definition) is 1. The maximum absolute atomic E-state index is 8.76. The summed E-state index contributed by atoms with van der Waals surface area (Å²) in [5.74, 6) is 0.516. The van der Waals surface area contributed by atoms with Gasteiger partial charge in [-0.05, 0) is 19.4 Å². The van der Waals surface area contributed by atoms with Gasteiger partial charge in [0.15, 0.2) is 5.82 Å². The monoisotopic (exact) mass is 152 g/mol. The van der Waals surface area contributed by atoms with Crippen LogP contribution in [0.5, 0.6) is 0 Å². The maximum Gasteiger partial charge on any atom is 0.154 e. The molecule has 0 spiro atoms. The van der Waals surface area contributed by atoms with Crippen LogP contribution in [-0.2, 0) is 13.0 Å². The molecular weight excluding hydrogens is 140 g/mol. The number of hydrogen-bond acceptors (Lipinski definition) is 3. The third-order valence-corrected chi connectivity index (χ3v) is 1.46. The van der Waals surface area contributed by atoms with Gasteiger partial charge in [-0.25, -0.2) is 9.97 Å². The summed E-state index contributed by atoms with van der Waals surface area (Å²) in [4.78, 5) is 8.15. The fourth-order valence-corrected chi connectivity index (χ4v) is 0.952. The number of aliphatic hydroxyl groups is 1. The van der Waals surface area contributed by atoms with Gasteiger partial charge in [-0.2, -0.15) is 0 Å². The highest BCUT2D eigenvalue weighted by Gasteiger charge is 1.97. The Hall–Kier alpha value is -0.960. The van der Waals surface area contributed by atoms with Crippen LogP contribution in [0.4, 0.5) is 0 Å². The number of aliphatic hydroxyl groups excluding tert-OH is 1. The van der Waals surface area contributed by atoms with E-state index in [4.69, 9.17) is 5.11 Å².